The third-order valence-electron chi connectivity index (χ3n) is 7.05. The van der Waals surface area contributed by atoms with Crippen molar-refractivity contribution in [1.82, 2.24) is 4.98 Å². The quantitative estimate of drug-likeness (QED) is 0.166. The third kappa shape index (κ3) is 4.55. The van der Waals surface area contributed by atoms with Gasteiger partial charge in [-0.15, -0.1) is 0 Å². The molecule has 1 fully saturated rings. The number of aromatic nitrogens is 1. The number of aryl methyl sites for hydroxylation is 2. The third-order valence-corrected chi connectivity index (χ3v) is 8.06. The lowest BCUT2D eigenvalue weighted by atomic mass is 9.90. The summed E-state index contributed by atoms with van der Waals surface area (Å²) in [5, 5.41) is 12.1. The first-order chi connectivity index (χ1) is 18.6. The Kier molecular flexibility index (Phi) is 6.91. The fourth-order valence-electron chi connectivity index (χ4n) is 5.03. The normalized spacial score (nSPS) is 16.9. The number of fused-ring (bicyclic) bond motifs is 1. The van der Waals surface area contributed by atoms with E-state index in [1.54, 1.807) is 20.3 Å². The van der Waals surface area contributed by atoms with Gasteiger partial charge >= 0.3 is 5.91 Å². The second-order valence-corrected chi connectivity index (χ2v) is 11.0. The molecule has 0 radical (unpaired) electrons. The van der Waals surface area contributed by atoms with Crippen LogP contribution >= 0.6 is 11.3 Å². The number of methoxy groups -OCH3 is 2. The van der Waals surface area contributed by atoms with E-state index in [4.69, 9.17) is 14.5 Å². The molecule has 1 unspecified atom stereocenters. The van der Waals surface area contributed by atoms with Crippen molar-refractivity contribution >= 4 is 44.1 Å². The van der Waals surface area contributed by atoms with Gasteiger partial charge in [-0.1, -0.05) is 55.0 Å². The van der Waals surface area contributed by atoms with Gasteiger partial charge in [0.1, 0.15) is 17.3 Å². The van der Waals surface area contributed by atoms with Crippen molar-refractivity contribution in [3.8, 4) is 11.5 Å². The molecular formula is C31H30N2O5S. The van der Waals surface area contributed by atoms with Crippen molar-refractivity contribution in [2.24, 2.45) is 0 Å². The van der Waals surface area contributed by atoms with Crippen molar-refractivity contribution in [3.63, 3.8) is 0 Å². The number of ether oxygens (including phenoxy) is 2. The van der Waals surface area contributed by atoms with Gasteiger partial charge < -0.3 is 14.6 Å². The number of thiazole rings is 1. The Labute approximate surface area is 231 Å². The number of carbonyl (C=O) groups excluding carboxylic acids is 2. The highest BCUT2D eigenvalue weighted by Crippen LogP contribution is 2.45. The van der Waals surface area contributed by atoms with E-state index >= 15 is 0 Å². The van der Waals surface area contributed by atoms with Crippen LogP contribution < -0.4 is 14.4 Å². The molecule has 0 spiro atoms. The minimum Gasteiger partial charge on any atom is -0.507 e. The number of Topliss-reactive ketones (excluding diaryl/α,β-unsaturated/α-hetero) is 1. The van der Waals surface area contributed by atoms with Gasteiger partial charge in [-0.2, -0.15) is 0 Å². The van der Waals surface area contributed by atoms with Crippen LogP contribution in [0.4, 0.5) is 5.13 Å². The van der Waals surface area contributed by atoms with Gasteiger partial charge in [0.05, 0.1) is 36.1 Å². The number of ketones is 1. The summed E-state index contributed by atoms with van der Waals surface area (Å²) >= 11 is 1.30. The number of nitrogens with zero attached hydrogens (tertiary/aromatic N) is 2. The van der Waals surface area contributed by atoms with Crippen LogP contribution in [0.15, 0.2) is 60.2 Å². The van der Waals surface area contributed by atoms with Crippen LogP contribution in [0.3, 0.4) is 0 Å². The van der Waals surface area contributed by atoms with Crippen molar-refractivity contribution in [3.05, 3.63) is 88.0 Å². The first-order valence-corrected chi connectivity index (χ1v) is 13.5. The summed E-state index contributed by atoms with van der Waals surface area (Å²) in [4.78, 5) is 33.4. The Hall–Kier alpha value is -4.17. The minimum absolute atomic E-state index is 0.0328. The van der Waals surface area contributed by atoms with E-state index in [0.29, 0.717) is 33.3 Å². The van der Waals surface area contributed by atoms with E-state index in [0.717, 1.165) is 21.4 Å². The fourth-order valence-corrected chi connectivity index (χ4v) is 6.06. The Morgan fingerprint density at radius 3 is 2.46 bits per heavy atom. The summed E-state index contributed by atoms with van der Waals surface area (Å²) in [5.74, 6) is -0.207. The van der Waals surface area contributed by atoms with Crippen LogP contribution in [-0.4, -0.2) is 36.0 Å². The molecule has 0 bridgehead atoms. The summed E-state index contributed by atoms with van der Waals surface area (Å²) in [6.07, 6.45) is 0. The molecule has 1 saturated heterocycles. The SMILES string of the molecule is COc1ccc2nc(N3C(=O)C(=O)/C(=C(/O)c4cc(C(C)C)c(OC)cc4C)C3c3cccc(C)c3)sc2c1. The Morgan fingerprint density at radius 2 is 1.79 bits per heavy atom. The highest BCUT2D eigenvalue weighted by molar-refractivity contribution is 7.22. The molecule has 0 aliphatic carbocycles. The predicted octanol–water partition coefficient (Wildman–Crippen LogP) is 6.68. The van der Waals surface area contributed by atoms with Crippen LogP contribution in [0.1, 0.15) is 53.6 Å². The van der Waals surface area contributed by atoms with E-state index in [-0.39, 0.29) is 17.3 Å². The lowest BCUT2D eigenvalue weighted by molar-refractivity contribution is -0.132. The molecule has 7 nitrogen and oxygen atoms in total. The first kappa shape index (κ1) is 26.4. The smallest absolute Gasteiger partial charge is 0.301 e. The summed E-state index contributed by atoms with van der Waals surface area (Å²) in [6, 6.07) is 15.9. The maximum Gasteiger partial charge on any atom is 0.301 e. The summed E-state index contributed by atoms with van der Waals surface area (Å²) in [7, 11) is 3.20. The molecule has 200 valence electrons. The molecule has 5 rings (SSSR count). The molecule has 1 aliphatic heterocycles. The molecule has 4 aromatic rings. The van der Waals surface area contributed by atoms with Gasteiger partial charge in [0.15, 0.2) is 5.13 Å². The van der Waals surface area contributed by atoms with E-state index in [9.17, 15) is 14.7 Å². The van der Waals surface area contributed by atoms with Gasteiger partial charge in [0.25, 0.3) is 5.78 Å². The highest BCUT2D eigenvalue weighted by atomic mass is 32.1. The zero-order valence-electron chi connectivity index (χ0n) is 22.7. The van der Waals surface area contributed by atoms with Crippen LogP contribution in [-0.2, 0) is 9.59 Å². The highest BCUT2D eigenvalue weighted by Gasteiger charge is 2.48. The Bertz CT molecular complexity index is 1650. The number of benzene rings is 3. The van der Waals surface area contributed by atoms with E-state index in [1.807, 2.05) is 76.2 Å². The molecule has 3 aromatic carbocycles. The second-order valence-electron chi connectivity index (χ2n) is 9.98. The van der Waals surface area contributed by atoms with E-state index in [2.05, 4.69) is 0 Å². The number of carbonyl (C=O) groups is 2. The lowest BCUT2D eigenvalue weighted by Gasteiger charge is -2.24. The van der Waals surface area contributed by atoms with Crippen molar-refractivity contribution in [2.45, 2.75) is 39.7 Å². The number of hydrogen-bond donors (Lipinski definition) is 1. The van der Waals surface area contributed by atoms with E-state index in [1.165, 1.54) is 16.2 Å². The summed E-state index contributed by atoms with van der Waals surface area (Å²) in [5.41, 5.74) is 4.52. The standard InChI is InChI=1S/C31H30N2O5S/c1-16(2)21-15-22(18(4)13-24(21)38-6)28(34)26-27(19-9-7-8-17(3)12-19)33(30(36)29(26)35)31-32-23-11-10-20(37-5)14-25(23)39-31/h7-16,27,34H,1-6H3/b28-26+. The molecule has 2 heterocycles. The molecular weight excluding hydrogens is 512 g/mol. The number of amides is 1. The lowest BCUT2D eigenvalue weighted by Crippen LogP contribution is -2.29. The molecule has 1 aliphatic rings. The van der Waals surface area contributed by atoms with Crippen LogP contribution in [0, 0.1) is 13.8 Å². The number of rotatable bonds is 6. The van der Waals surface area contributed by atoms with Crippen molar-refractivity contribution in [1.29, 1.82) is 0 Å². The number of anilines is 1. The predicted molar refractivity (Wildman–Crippen MR) is 154 cm³/mol. The molecule has 1 amide bonds. The largest absolute Gasteiger partial charge is 0.507 e. The van der Waals surface area contributed by atoms with Gasteiger partial charge in [-0.25, -0.2) is 4.98 Å². The number of aliphatic hydroxyl groups is 1. The monoisotopic (exact) mass is 542 g/mol. The first-order valence-electron chi connectivity index (χ1n) is 12.7. The minimum atomic E-state index is -0.851. The second kappa shape index (κ2) is 10.2. The molecule has 1 atom stereocenters. The molecule has 1 aromatic heterocycles. The average molecular weight is 543 g/mol. The average Bonchev–Trinajstić information content (AvgIpc) is 3.45. The number of hydrogen-bond acceptors (Lipinski definition) is 7. The maximum atomic E-state index is 13.7. The van der Waals surface area contributed by atoms with Crippen LogP contribution in [0.2, 0.25) is 0 Å². The molecule has 1 N–H and O–H groups in total. The van der Waals surface area contributed by atoms with Gasteiger partial charge in [-0.05, 0) is 66.8 Å². The van der Waals surface area contributed by atoms with Crippen molar-refractivity contribution < 1.29 is 24.2 Å². The Morgan fingerprint density at radius 1 is 1.03 bits per heavy atom. The fraction of sp³-hybridized carbons (Fsp3) is 0.258. The van der Waals surface area contributed by atoms with Gasteiger partial charge in [-0.3, -0.25) is 14.5 Å². The molecule has 39 heavy (non-hydrogen) atoms. The zero-order chi connectivity index (χ0) is 28.0. The number of aliphatic hydroxyl groups excluding tert-OH is 1. The van der Waals surface area contributed by atoms with Gasteiger partial charge in [0.2, 0.25) is 0 Å². The topological polar surface area (TPSA) is 89.0 Å². The van der Waals surface area contributed by atoms with Gasteiger partial charge in [0, 0.05) is 5.56 Å². The van der Waals surface area contributed by atoms with Crippen LogP contribution in [0.5, 0.6) is 11.5 Å². The zero-order valence-corrected chi connectivity index (χ0v) is 23.6. The Balaban J connectivity index is 1.75. The summed E-state index contributed by atoms with van der Waals surface area (Å²) in [6.45, 7) is 7.86. The summed E-state index contributed by atoms with van der Waals surface area (Å²) < 4.78 is 11.7. The molecule has 8 heteroatoms. The van der Waals surface area contributed by atoms with Crippen LogP contribution in [0.25, 0.3) is 16.0 Å². The van der Waals surface area contributed by atoms with Crippen molar-refractivity contribution in [2.75, 3.05) is 19.1 Å². The molecule has 0 saturated carbocycles. The maximum absolute atomic E-state index is 13.7. The van der Waals surface area contributed by atoms with E-state index < -0.39 is 17.7 Å².